The van der Waals surface area contributed by atoms with Gasteiger partial charge in [-0.25, -0.2) is 0 Å². The highest BCUT2D eigenvalue weighted by Gasteiger charge is 2.30. The lowest BCUT2D eigenvalue weighted by Crippen LogP contribution is -2.48. The first-order valence-electron chi connectivity index (χ1n) is 7.54. The Morgan fingerprint density at radius 2 is 1.95 bits per heavy atom. The van der Waals surface area contributed by atoms with E-state index in [9.17, 15) is 4.79 Å². The maximum Gasteiger partial charge on any atom is 0.290 e. The van der Waals surface area contributed by atoms with E-state index in [1.54, 1.807) is 11.8 Å². The van der Waals surface area contributed by atoms with Gasteiger partial charge in [-0.05, 0) is 26.2 Å². The molecule has 1 saturated heterocycles. The van der Waals surface area contributed by atoms with Crippen LogP contribution in [0.3, 0.4) is 0 Å². The number of rotatable bonds is 3. The molecule has 3 rings (SSSR count). The quantitative estimate of drug-likeness (QED) is 0.868. The Hall–Kier alpha value is -1.46. The summed E-state index contributed by atoms with van der Waals surface area (Å²) in [5.74, 6) is 1.23. The Balaban J connectivity index is 1.97. The number of carbonyl (C=O) groups excluding carboxylic acids is 1. The Morgan fingerprint density at radius 1 is 1.27 bits per heavy atom. The molecule has 118 valence electrons. The number of para-hydroxylation sites is 1. The molecule has 2 heterocycles. The van der Waals surface area contributed by atoms with Gasteiger partial charge in [0.1, 0.15) is 5.58 Å². The maximum absolute atomic E-state index is 12.9. The molecule has 1 aliphatic heterocycles. The lowest BCUT2D eigenvalue weighted by molar-refractivity contribution is -0.0592. The van der Waals surface area contributed by atoms with E-state index in [4.69, 9.17) is 9.15 Å². The number of thioether (sulfide) groups is 1. The van der Waals surface area contributed by atoms with Crippen LogP contribution in [-0.4, -0.2) is 42.4 Å². The second-order valence-corrected chi connectivity index (χ2v) is 6.67. The molecule has 22 heavy (non-hydrogen) atoms. The summed E-state index contributed by atoms with van der Waals surface area (Å²) < 4.78 is 11.6. The third kappa shape index (κ3) is 2.88. The van der Waals surface area contributed by atoms with E-state index in [2.05, 4.69) is 0 Å². The monoisotopic (exact) mass is 319 g/mol. The summed E-state index contributed by atoms with van der Waals surface area (Å²) in [5.41, 5.74) is 1.78. The minimum absolute atomic E-state index is 0.0257. The highest BCUT2D eigenvalue weighted by molar-refractivity contribution is 7.97. The minimum Gasteiger partial charge on any atom is -0.451 e. The van der Waals surface area contributed by atoms with Gasteiger partial charge in [0.2, 0.25) is 0 Å². The number of hydrogen-bond acceptors (Lipinski definition) is 4. The van der Waals surface area contributed by atoms with Gasteiger partial charge in [0.25, 0.3) is 5.91 Å². The first-order chi connectivity index (χ1) is 10.6. The largest absolute Gasteiger partial charge is 0.451 e. The predicted octanol–water partition coefficient (Wildman–Crippen LogP) is 3.55. The highest BCUT2D eigenvalue weighted by atomic mass is 32.2. The number of fused-ring (bicyclic) bond motifs is 1. The predicted molar refractivity (Wildman–Crippen MR) is 89.3 cm³/mol. The average Bonchev–Trinajstić information content (AvgIpc) is 2.85. The van der Waals surface area contributed by atoms with Gasteiger partial charge in [0.15, 0.2) is 5.76 Å². The van der Waals surface area contributed by atoms with Gasteiger partial charge in [-0.15, -0.1) is 0 Å². The smallest absolute Gasteiger partial charge is 0.290 e. The summed E-state index contributed by atoms with van der Waals surface area (Å²) in [6.07, 6.45) is 2.15. The van der Waals surface area contributed by atoms with Crippen molar-refractivity contribution in [1.29, 1.82) is 0 Å². The molecule has 1 aliphatic rings. The molecule has 0 bridgehead atoms. The fourth-order valence-electron chi connectivity index (χ4n) is 3.05. The summed E-state index contributed by atoms with van der Waals surface area (Å²) in [4.78, 5) is 14.8. The Bertz CT molecular complexity index is 672. The molecule has 0 N–H and O–H groups in total. The first-order valence-corrected chi connectivity index (χ1v) is 8.93. The zero-order chi connectivity index (χ0) is 15.7. The van der Waals surface area contributed by atoms with Crippen molar-refractivity contribution in [2.45, 2.75) is 31.8 Å². The van der Waals surface area contributed by atoms with Gasteiger partial charge < -0.3 is 14.1 Å². The molecule has 2 atom stereocenters. The molecular formula is C17H21NO3S. The van der Waals surface area contributed by atoms with E-state index < -0.39 is 0 Å². The number of carbonyl (C=O) groups is 1. The van der Waals surface area contributed by atoms with Gasteiger partial charge in [-0.3, -0.25) is 4.79 Å². The van der Waals surface area contributed by atoms with Crippen LogP contribution in [0.15, 0.2) is 28.7 Å². The molecule has 0 saturated carbocycles. The van der Waals surface area contributed by atoms with Gasteiger partial charge in [-0.2, -0.15) is 11.8 Å². The number of amides is 1. The van der Waals surface area contributed by atoms with Crippen molar-refractivity contribution >= 4 is 28.6 Å². The Labute approximate surface area is 134 Å². The maximum atomic E-state index is 12.9. The van der Waals surface area contributed by atoms with E-state index in [1.807, 2.05) is 49.3 Å². The van der Waals surface area contributed by atoms with Crippen molar-refractivity contribution in [3.8, 4) is 0 Å². The molecule has 0 unspecified atom stereocenters. The summed E-state index contributed by atoms with van der Waals surface area (Å²) in [7, 11) is 0. The van der Waals surface area contributed by atoms with Crippen molar-refractivity contribution < 1.29 is 13.9 Å². The molecule has 2 aromatic rings. The van der Waals surface area contributed by atoms with Crippen molar-refractivity contribution in [1.82, 2.24) is 4.90 Å². The van der Waals surface area contributed by atoms with E-state index in [-0.39, 0.29) is 18.1 Å². The van der Waals surface area contributed by atoms with E-state index in [0.29, 0.717) is 18.8 Å². The zero-order valence-electron chi connectivity index (χ0n) is 13.2. The molecule has 1 aromatic carbocycles. The summed E-state index contributed by atoms with van der Waals surface area (Å²) >= 11 is 1.70. The summed E-state index contributed by atoms with van der Waals surface area (Å²) in [5, 5.41) is 1.04. The summed E-state index contributed by atoms with van der Waals surface area (Å²) in [6, 6.07) is 7.85. The number of hydrogen-bond donors (Lipinski definition) is 0. The Morgan fingerprint density at radius 3 is 2.64 bits per heavy atom. The number of furan rings is 1. The Kier molecular flexibility index (Phi) is 4.45. The standard InChI is InChI=1S/C17H21NO3S/c1-11-8-18(9-12(2)20-11)17(19)16-14(10-22-3)13-6-4-5-7-15(13)21-16/h4-7,11-12H,8-10H2,1-3H3/t11-,12+. The average molecular weight is 319 g/mol. The number of ether oxygens (including phenoxy) is 1. The van der Waals surface area contributed by atoms with E-state index in [1.165, 1.54) is 0 Å². The lowest BCUT2D eigenvalue weighted by atomic mass is 10.1. The SMILES string of the molecule is CSCc1c(C(=O)N2C[C@@H](C)O[C@@H](C)C2)oc2ccccc12. The van der Waals surface area contributed by atoms with Gasteiger partial charge in [-0.1, -0.05) is 18.2 Å². The number of nitrogens with zero attached hydrogens (tertiary/aromatic N) is 1. The lowest BCUT2D eigenvalue weighted by Gasteiger charge is -2.34. The third-order valence-electron chi connectivity index (χ3n) is 3.89. The van der Waals surface area contributed by atoms with Gasteiger partial charge in [0.05, 0.1) is 12.2 Å². The normalized spacial score (nSPS) is 22.2. The van der Waals surface area contributed by atoms with Crippen LogP contribution in [0, 0.1) is 0 Å². The van der Waals surface area contributed by atoms with Crippen molar-refractivity contribution in [3.63, 3.8) is 0 Å². The number of morpholine rings is 1. The van der Waals surface area contributed by atoms with Crippen molar-refractivity contribution in [3.05, 3.63) is 35.6 Å². The van der Waals surface area contributed by atoms with Crippen LogP contribution in [0.25, 0.3) is 11.0 Å². The van der Waals surface area contributed by atoms with Crippen LogP contribution in [0.2, 0.25) is 0 Å². The van der Waals surface area contributed by atoms with Crippen LogP contribution in [0.4, 0.5) is 0 Å². The fourth-order valence-corrected chi connectivity index (χ4v) is 3.62. The zero-order valence-corrected chi connectivity index (χ0v) is 14.0. The molecule has 1 fully saturated rings. The molecule has 1 aromatic heterocycles. The molecule has 0 radical (unpaired) electrons. The second-order valence-electron chi connectivity index (χ2n) is 5.81. The molecule has 5 heteroatoms. The van der Waals surface area contributed by atoms with Crippen LogP contribution < -0.4 is 0 Å². The summed E-state index contributed by atoms with van der Waals surface area (Å²) in [6.45, 7) is 5.21. The molecule has 1 amide bonds. The fraction of sp³-hybridized carbons (Fsp3) is 0.471. The molecule has 4 nitrogen and oxygen atoms in total. The molecule has 0 aliphatic carbocycles. The van der Waals surface area contributed by atoms with Crippen molar-refractivity contribution in [2.24, 2.45) is 0 Å². The number of benzene rings is 1. The first kappa shape index (κ1) is 15.4. The molecular weight excluding hydrogens is 298 g/mol. The van der Waals surface area contributed by atoms with E-state index >= 15 is 0 Å². The second kappa shape index (κ2) is 6.34. The van der Waals surface area contributed by atoms with Gasteiger partial charge in [0, 0.05) is 29.8 Å². The minimum atomic E-state index is -0.0257. The van der Waals surface area contributed by atoms with Crippen LogP contribution in [-0.2, 0) is 10.5 Å². The van der Waals surface area contributed by atoms with Crippen LogP contribution in [0.1, 0.15) is 30.0 Å². The third-order valence-corrected chi connectivity index (χ3v) is 4.47. The highest BCUT2D eigenvalue weighted by Crippen LogP contribution is 2.30. The van der Waals surface area contributed by atoms with E-state index in [0.717, 1.165) is 22.3 Å². The van der Waals surface area contributed by atoms with Crippen molar-refractivity contribution in [2.75, 3.05) is 19.3 Å². The van der Waals surface area contributed by atoms with Crippen LogP contribution >= 0.6 is 11.8 Å². The topological polar surface area (TPSA) is 42.7 Å². The molecule has 0 spiro atoms. The van der Waals surface area contributed by atoms with Crippen LogP contribution in [0.5, 0.6) is 0 Å². The van der Waals surface area contributed by atoms with Gasteiger partial charge >= 0.3 is 0 Å².